The number of rotatable bonds is 6. The molecule has 0 amide bonds. The fourth-order valence-corrected chi connectivity index (χ4v) is 2.12. The third-order valence-electron chi connectivity index (χ3n) is 3.27. The molecule has 3 nitrogen and oxygen atoms in total. The zero-order valence-corrected chi connectivity index (χ0v) is 12.1. The van der Waals surface area contributed by atoms with E-state index in [1.165, 1.54) is 16.7 Å². The summed E-state index contributed by atoms with van der Waals surface area (Å²) in [4.78, 5) is 0. The molecule has 1 aromatic heterocycles. The average Bonchev–Trinajstić information content (AvgIpc) is 2.82. The van der Waals surface area contributed by atoms with Crippen LogP contribution < -0.4 is 5.32 Å². The second kappa shape index (κ2) is 6.53. The van der Waals surface area contributed by atoms with Crippen LogP contribution in [0.3, 0.4) is 0 Å². The van der Waals surface area contributed by atoms with Crippen LogP contribution in [0.2, 0.25) is 0 Å². The molecule has 0 spiro atoms. The Morgan fingerprint density at radius 3 is 2.84 bits per heavy atom. The van der Waals surface area contributed by atoms with Crippen molar-refractivity contribution in [3.8, 4) is 0 Å². The Bertz CT molecular complexity index is 529. The van der Waals surface area contributed by atoms with Crippen molar-refractivity contribution >= 4 is 0 Å². The van der Waals surface area contributed by atoms with E-state index in [0.29, 0.717) is 0 Å². The zero-order chi connectivity index (χ0) is 13.7. The molecule has 0 radical (unpaired) electrons. The summed E-state index contributed by atoms with van der Waals surface area (Å²) in [6.45, 7) is 9.21. The molecule has 2 aromatic rings. The van der Waals surface area contributed by atoms with Gasteiger partial charge >= 0.3 is 0 Å². The van der Waals surface area contributed by atoms with Gasteiger partial charge in [-0.05, 0) is 44.0 Å². The van der Waals surface area contributed by atoms with Crippen LogP contribution >= 0.6 is 0 Å². The van der Waals surface area contributed by atoms with Gasteiger partial charge in [-0.1, -0.05) is 30.7 Å². The van der Waals surface area contributed by atoms with Gasteiger partial charge in [-0.25, -0.2) is 0 Å². The van der Waals surface area contributed by atoms with E-state index < -0.39 is 0 Å². The largest absolute Gasteiger partial charge is 0.311 e. The first-order valence-corrected chi connectivity index (χ1v) is 6.98. The Labute approximate surface area is 115 Å². The SMILES string of the molecule is CCCNCc1ccn(Cc2cc(C)ccc2C)n1. The van der Waals surface area contributed by atoms with E-state index in [1.807, 2.05) is 4.68 Å². The number of aryl methyl sites for hydroxylation is 2. The van der Waals surface area contributed by atoms with E-state index in [4.69, 9.17) is 0 Å². The summed E-state index contributed by atoms with van der Waals surface area (Å²) in [6, 6.07) is 8.67. The first kappa shape index (κ1) is 13.8. The third kappa shape index (κ3) is 3.93. The van der Waals surface area contributed by atoms with Gasteiger partial charge in [-0.2, -0.15) is 5.10 Å². The molecule has 0 unspecified atom stereocenters. The Hall–Kier alpha value is -1.61. The van der Waals surface area contributed by atoms with Crippen molar-refractivity contribution in [3.05, 3.63) is 52.8 Å². The van der Waals surface area contributed by atoms with Gasteiger partial charge in [-0.15, -0.1) is 0 Å². The summed E-state index contributed by atoms with van der Waals surface area (Å²) in [5.41, 5.74) is 5.08. The van der Waals surface area contributed by atoms with E-state index >= 15 is 0 Å². The summed E-state index contributed by atoms with van der Waals surface area (Å²) >= 11 is 0. The van der Waals surface area contributed by atoms with Gasteiger partial charge < -0.3 is 5.32 Å². The van der Waals surface area contributed by atoms with Gasteiger partial charge in [0.05, 0.1) is 12.2 Å². The number of nitrogens with zero attached hydrogens (tertiary/aromatic N) is 2. The quantitative estimate of drug-likeness (QED) is 0.806. The van der Waals surface area contributed by atoms with Gasteiger partial charge in [0.15, 0.2) is 0 Å². The molecule has 0 aliphatic heterocycles. The van der Waals surface area contributed by atoms with Crippen molar-refractivity contribution in [2.24, 2.45) is 0 Å². The van der Waals surface area contributed by atoms with Gasteiger partial charge in [-0.3, -0.25) is 4.68 Å². The molecule has 0 aliphatic carbocycles. The Balaban J connectivity index is 2.01. The van der Waals surface area contributed by atoms with Crippen LogP contribution in [0, 0.1) is 13.8 Å². The summed E-state index contributed by atoms with van der Waals surface area (Å²) in [7, 11) is 0. The first-order chi connectivity index (χ1) is 9.19. The van der Waals surface area contributed by atoms with Gasteiger partial charge in [0.2, 0.25) is 0 Å². The van der Waals surface area contributed by atoms with Crippen molar-refractivity contribution in [2.75, 3.05) is 6.54 Å². The standard InChI is InChI=1S/C16H23N3/c1-4-8-17-11-16-7-9-19(18-16)12-15-10-13(2)5-6-14(15)3/h5-7,9-10,17H,4,8,11-12H2,1-3H3. The number of hydrogen-bond acceptors (Lipinski definition) is 2. The lowest BCUT2D eigenvalue weighted by atomic mass is 10.1. The van der Waals surface area contributed by atoms with Crippen LogP contribution in [0.5, 0.6) is 0 Å². The van der Waals surface area contributed by atoms with E-state index in [1.54, 1.807) is 0 Å². The summed E-state index contributed by atoms with van der Waals surface area (Å²) in [6.07, 6.45) is 3.22. The summed E-state index contributed by atoms with van der Waals surface area (Å²) < 4.78 is 2.02. The second-order valence-corrected chi connectivity index (χ2v) is 5.11. The maximum Gasteiger partial charge on any atom is 0.0762 e. The lowest BCUT2D eigenvalue weighted by molar-refractivity contribution is 0.627. The molecule has 0 fully saturated rings. The zero-order valence-electron chi connectivity index (χ0n) is 12.1. The predicted molar refractivity (Wildman–Crippen MR) is 79.2 cm³/mol. The molecule has 3 heteroatoms. The molecular formula is C16H23N3. The summed E-state index contributed by atoms with van der Waals surface area (Å²) in [5, 5.41) is 7.98. The van der Waals surface area contributed by atoms with Gasteiger partial charge in [0.1, 0.15) is 0 Å². The molecule has 102 valence electrons. The van der Waals surface area contributed by atoms with Gasteiger partial charge in [0, 0.05) is 12.7 Å². The minimum Gasteiger partial charge on any atom is -0.311 e. The fraction of sp³-hybridized carbons (Fsp3) is 0.438. The van der Waals surface area contributed by atoms with Crippen molar-refractivity contribution in [3.63, 3.8) is 0 Å². The highest BCUT2D eigenvalue weighted by atomic mass is 15.3. The van der Waals surface area contributed by atoms with Gasteiger partial charge in [0.25, 0.3) is 0 Å². The molecule has 1 aromatic carbocycles. The summed E-state index contributed by atoms with van der Waals surface area (Å²) in [5.74, 6) is 0. The maximum absolute atomic E-state index is 4.60. The highest BCUT2D eigenvalue weighted by Gasteiger charge is 2.02. The molecule has 1 N–H and O–H groups in total. The van der Waals surface area contributed by atoms with Crippen LogP contribution in [0.4, 0.5) is 0 Å². The number of hydrogen-bond donors (Lipinski definition) is 1. The highest BCUT2D eigenvalue weighted by Crippen LogP contribution is 2.12. The highest BCUT2D eigenvalue weighted by molar-refractivity contribution is 5.30. The van der Waals surface area contributed by atoms with Crippen LogP contribution in [0.1, 0.15) is 35.7 Å². The van der Waals surface area contributed by atoms with E-state index in [0.717, 1.165) is 31.7 Å². The average molecular weight is 257 g/mol. The maximum atomic E-state index is 4.60. The van der Waals surface area contributed by atoms with Crippen LogP contribution in [0.25, 0.3) is 0 Å². The molecule has 1 heterocycles. The molecule has 0 aliphatic rings. The second-order valence-electron chi connectivity index (χ2n) is 5.11. The van der Waals surface area contributed by atoms with Crippen LogP contribution in [-0.2, 0) is 13.1 Å². The van der Waals surface area contributed by atoms with E-state index in [2.05, 4.69) is 61.6 Å². The number of nitrogens with one attached hydrogen (secondary N) is 1. The molecule has 0 saturated heterocycles. The first-order valence-electron chi connectivity index (χ1n) is 6.98. The van der Waals surface area contributed by atoms with Crippen LogP contribution in [0.15, 0.2) is 30.5 Å². The minimum atomic E-state index is 0.849. The topological polar surface area (TPSA) is 29.9 Å². The van der Waals surface area contributed by atoms with Crippen molar-refractivity contribution in [1.82, 2.24) is 15.1 Å². The lowest BCUT2D eigenvalue weighted by Gasteiger charge is -2.07. The van der Waals surface area contributed by atoms with Crippen LogP contribution in [-0.4, -0.2) is 16.3 Å². The molecular weight excluding hydrogens is 234 g/mol. The molecule has 0 bridgehead atoms. The Kier molecular flexibility index (Phi) is 4.74. The predicted octanol–water partition coefficient (Wildman–Crippen LogP) is 3.05. The van der Waals surface area contributed by atoms with Crippen molar-refractivity contribution in [2.45, 2.75) is 40.3 Å². The molecule has 0 atom stereocenters. The van der Waals surface area contributed by atoms with E-state index in [-0.39, 0.29) is 0 Å². The number of aromatic nitrogens is 2. The lowest BCUT2D eigenvalue weighted by Crippen LogP contribution is -2.14. The normalized spacial score (nSPS) is 10.9. The number of benzene rings is 1. The smallest absolute Gasteiger partial charge is 0.0762 e. The monoisotopic (exact) mass is 257 g/mol. The molecule has 19 heavy (non-hydrogen) atoms. The van der Waals surface area contributed by atoms with Crippen molar-refractivity contribution in [1.29, 1.82) is 0 Å². The Morgan fingerprint density at radius 2 is 2.05 bits per heavy atom. The fourth-order valence-electron chi connectivity index (χ4n) is 2.12. The minimum absolute atomic E-state index is 0.849. The third-order valence-corrected chi connectivity index (χ3v) is 3.27. The van der Waals surface area contributed by atoms with E-state index in [9.17, 15) is 0 Å². The molecule has 2 rings (SSSR count). The van der Waals surface area contributed by atoms with Crippen molar-refractivity contribution < 1.29 is 0 Å². The molecule has 0 saturated carbocycles. The Morgan fingerprint density at radius 1 is 1.21 bits per heavy atom.